The van der Waals surface area contributed by atoms with E-state index in [0.717, 1.165) is 25.9 Å². The highest BCUT2D eigenvalue weighted by Crippen LogP contribution is 2.44. The largest absolute Gasteiger partial charge is 0.448 e. The van der Waals surface area contributed by atoms with Crippen molar-refractivity contribution in [2.75, 3.05) is 26.2 Å². The SMILES string of the molecule is N[C@H]1C[C@@H](C(=O)N2CCCC2)N(C(=O)OCC2c3ccccc3-c3ccccc32)C1. The lowest BCUT2D eigenvalue weighted by Gasteiger charge is -2.27. The summed E-state index contributed by atoms with van der Waals surface area (Å²) in [5, 5.41) is 0. The molecule has 0 aromatic heterocycles. The Kier molecular flexibility index (Phi) is 4.95. The highest BCUT2D eigenvalue weighted by atomic mass is 16.6. The third-order valence-corrected chi connectivity index (χ3v) is 6.61. The highest BCUT2D eigenvalue weighted by molar-refractivity contribution is 5.87. The van der Waals surface area contributed by atoms with Crippen LogP contribution in [0.4, 0.5) is 4.79 Å². The normalized spacial score (nSPS) is 22.8. The van der Waals surface area contributed by atoms with Gasteiger partial charge in [0.25, 0.3) is 0 Å². The van der Waals surface area contributed by atoms with Gasteiger partial charge in [0, 0.05) is 31.6 Å². The Hall–Kier alpha value is -2.86. The third kappa shape index (κ3) is 3.25. The Morgan fingerprint density at radius 1 is 0.967 bits per heavy atom. The second-order valence-corrected chi connectivity index (χ2v) is 8.50. The maximum absolute atomic E-state index is 13.0. The summed E-state index contributed by atoms with van der Waals surface area (Å²) in [5.41, 5.74) is 10.9. The van der Waals surface area contributed by atoms with Crippen molar-refractivity contribution in [3.8, 4) is 11.1 Å². The predicted molar refractivity (Wildman–Crippen MR) is 114 cm³/mol. The molecule has 2 atom stereocenters. The topological polar surface area (TPSA) is 75.9 Å². The summed E-state index contributed by atoms with van der Waals surface area (Å²) in [6.45, 7) is 2.15. The summed E-state index contributed by atoms with van der Waals surface area (Å²) in [5.74, 6) is 0.0133. The van der Waals surface area contributed by atoms with E-state index >= 15 is 0 Å². The van der Waals surface area contributed by atoms with E-state index in [-0.39, 0.29) is 24.5 Å². The first kappa shape index (κ1) is 19.1. The molecule has 2 amide bonds. The van der Waals surface area contributed by atoms with Crippen molar-refractivity contribution in [1.82, 2.24) is 9.80 Å². The van der Waals surface area contributed by atoms with Gasteiger partial charge >= 0.3 is 6.09 Å². The zero-order chi connectivity index (χ0) is 20.7. The first-order valence-corrected chi connectivity index (χ1v) is 10.8. The standard InChI is InChI=1S/C24H27N3O3/c25-16-13-22(23(28)26-11-5-6-12-26)27(14-16)24(29)30-15-21-19-9-3-1-7-17(19)18-8-2-4-10-20(18)21/h1-4,7-10,16,21-22H,5-6,11-15,25H2/t16-,22-/m0/s1. The predicted octanol–water partition coefficient (Wildman–Crippen LogP) is 2.96. The van der Waals surface area contributed by atoms with Crippen LogP contribution in [0.5, 0.6) is 0 Å². The monoisotopic (exact) mass is 405 g/mol. The summed E-state index contributed by atoms with van der Waals surface area (Å²) in [6.07, 6.45) is 2.10. The molecular formula is C24H27N3O3. The van der Waals surface area contributed by atoms with Crippen LogP contribution in [0.15, 0.2) is 48.5 Å². The van der Waals surface area contributed by atoms with Gasteiger partial charge in [0.2, 0.25) is 5.91 Å². The molecule has 2 aliphatic heterocycles. The Morgan fingerprint density at radius 2 is 1.57 bits per heavy atom. The van der Waals surface area contributed by atoms with Gasteiger partial charge < -0.3 is 15.4 Å². The number of hydrogen-bond acceptors (Lipinski definition) is 4. The van der Waals surface area contributed by atoms with Crippen molar-refractivity contribution >= 4 is 12.0 Å². The molecule has 0 radical (unpaired) electrons. The molecule has 0 saturated carbocycles. The maximum Gasteiger partial charge on any atom is 0.410 e. The molecule has 0 bridgehead atoms. The number of carbonyl (C=O) groups is 2. The fourth-order valence-electron chi connectivity index (χ4n) is 5.13. The molecule has 30 heavy (non-hydrogen) atoms. The summed E-state index contributed by atoms with van der Waals surface area (Å²) < 4.78 is 5.78. The molecule has 5 rings (SSSR count). The fourth-order valence-corrected chi connectivity index (χ4v) is 5.13. The number of nitrogens with two attached hydrogens (primary N) is 1. The summed E-state index contributed by atoms with van der Waals surface area (Å²) in [6, 6.07) is 15.8. The van der Waals surface area contributed by atoms with Crippen molar-refractivity contribution < 1.29 is 14.3 Å². The van der Waals surface area contributed by atoms with E-state index in [4.69, 9.17) is 10.5 Å². The minimum atomic E-state index is -0.506. The van der Waals surface area contributed by atoms with Crippen molar-refractivity contribution in [2.24, 2.45) is 5.73 Å². The maximum atomic E-state index is 13.0. The molecule has 2 aromatic carbocycles. The average Bonchev–Trinajstić information content (AvgIpc) is 3.50. The van der Waals surface area contributed by atoms with Gasteiger partial charge in [-0.3, -0.25) is 9.69 Å². The Morgan fingerprint density at radius 3 is 2.20 bits per heavy atom. The molecule has 0 spiro atoms. The Bertz CT molecular complexity index is 924. The number of nitrogens with zero attached hydrogens (tertiary/aromatic N) is 2. The molecule has 2 heterocycles. The smallest absolute Gasteiger partial charge is 0.410 e. The fraction of sp³-hybridized carbons (Fsp3) is 0.417. The van der Waals surface area contributed by atoms with Crippen molar-refractivity contribution in [3.05, 3.63) is 59.7 Å². The summed E-state index contributed by atoms with van der Waals surface area (Å²) in [7, 11) is 0. The second-order valence-electron chi connectivity index (χ2n) is 8.50. The average molecular weight is 405 g/mol. The number of ether oxygens (including phenoxy) is 1. The van der Waals surface area contributed by atoms with Gasteiger partial charge in [0.1, 0.15) is 12.6 Å². The number of likely N-dealkylation sites (tertiary alicyclic amines) is 2. The number of amides is 2. The Balaban J connectivity index is 1.31. The van der Waals surface area contributed by atoms with Crippen LogP contribution in [-0.4, -0.2) is 60.1 Å². The number of benzene rings is 2. The molecule has 2 aromatic rings. The van der Waals surface area contributed by atoms with E-state index in [9.17, 15) is 9.59 Å². The van der Waals surface area contributed by atoms with Gasteiger partial charge in [-0.15, -0.1) is 0 Å². The van der Waals surface area contributed by atoms with Crippen LogP contribution in [0.1, 0.15) is 36.3 Å². The number of hydrogen-bond donors (Lipinski definition) is 1. The van der Waals surface area contributed by atoms with Gasteiger partial charge in [-0.25, -0.2) is 4.79 Å². The van der Waals surface area contributed by atoms with E-state index in [2.05, 4.69) is 24.3 Å². The summed E-state index contributed by atoms with van der Waals surface area (Å²) >= 11 is 0. The van der Waals surface area contributed by atoms with Crippen LogP contribution in [0.3, 0.4) is 0 Å². The first-order chi connectivity index (χ1) is 14.6. The third-order valence-electron chi connectivity index (χ3n) is 6.61. The highest BCUT2D eigenvalue weighted by Gasteiger charge is 2.42. The van der Waals surface area contributed by atoms with Gasteiger partial charge in [-0.2, -0.15) is 0 Å². The Labute approximate surface area is 176 Å². The zero-order valence-corrected chi connectivity index (χ0v) is 17.0. The van der Waals surface area contributed by atoms with Crippen LogP contribution < -0.4 is 5.73 Å². The van der Waals surface area contributed by atoms with E-state index < -0.39 is 12.1 Å². The van der Waals surface area contributed by atoms with Crippen LogP contribution in [-0.2, 0) is 9.53 Å². The summed E-state index contributed by atoms with van der Waals surface area (Å²) in [4.78, 5) is 29.3. The molecule has 0 unspecified atom stereocenters. The second kappa shape index (κ2) is 7.76. The van der Waals surface area contributed by atoms with Gasteiger partial charge in [0.05, 0.1) is 0 Å². The molecular weight excluding hydrogens is 378 g/mol. The van der Waals surface area contributed by atoms with Gasteiger partial charge in [-0.05, 0) is 41.5 Å². The van der Waals surface area contributed by atoms with E-state index in [1.54, 1.807) is 0 Å². The molecule has 2 fully saturated rings. The molecule has 1 aliphatic carbocycles. The van der Waals surface area contributed by atoms with E-state index in [0.29, 0.717) is 13.0 Å². The molecule has 3 aliphatic rings. The van der Waals surface area contributed by atoms with Crippen LogP contribution in [0.25, 0.3) is 11.1 Å². The lowest BCUT2D eigenvalue weighted by molar-refractivity contribution is -0.134. The molecule has 6 nitrogen and oxygen atoms in total. The van der Waals surface area contributed by atoms with Gasteiger partial charge in [0.15, 0.2) is 0 Å². The lowest BCUT2D eigenvalue weighted by Crippen LogP contribution is -2.47. The van der Waals surface area contributed by atoms with Crippen molar-refractivity contribution in [3.63, 3.8) is 0 Å². The minimum absolute atomic E-state index is 0.00496. The number of carbonyl (C=O) groups excluding carboxylic acids is 2. The van der Waals surface area contributed by atoms with Crippen molar-refractivity contribution in [1.29, 1.82) is 0 Å². The van der Waals surface area contributed by atoms with Crippen molar-refractivity contribution in [2.45, 2.75) is 37.3 Å². The zero-order valence-electron chi connectivity index (χ0n) is 17.0. The molecule has 2 saturated heterocycles. The number of rotatable bonds is 3. The van der Waals surface area contributed by atoms with Crippen LogP contribution in [0.2, 0.25) is 0 Å². The molecule has 6 heteroatoms. The van der Waals surface area contributed by atoms with Crippen LogP contribution in [0, 0.1) is 0 Å². The van der Waals surface area contributed by atoms with E-state index in [1.165, 1.54) is 27.2 Å². The van der Waals surface area contributed by atoms with E-state index in [1.807, 2.05) is 29.2 Å². The van der Waals surface area contributed by atoms with Crippen LogP contribution >= 0.6 is 0 Å². The minimum Gasteiger partial charge on any atom is -0.448 e. The first-order valence-electron chi connectivity index (χ1n) is 10.8. The quantitative estimate of drug-likeness (QED) is 0.852. The van der Waals surface area contributed by atoms with Gasteiger partial charge in [-0.1, -0.05) is 48.5 Å². The molecule has 2 N–H and O–H groups in total. The molecule has 156 valence electrons. The lowest BCUT2D eigenvalue weighted by atomic mass is 9.98. The number of fused-ring (bicyclic) bond motifs is 3.